The van der Waals surface area contributed by atoms with Gasteiger partial charge in [-0.25, -0.2) is 0 Å². The number of halogens is 5. The molecule has 0 amide bonds. The van der Waals surface area contributed by atoms with Gasteiger partial charge in [0.1, 0.15) is 0 Å². The number of hydrogen-bond acceptors (Lipinski definition) is 3. The molecule has 0 aromatic carbocycles. The van der Waals surface area contributed by atoms with Gasteiger partial charge in [0.05, 0.1) is 0 Å². The smallest absolute Gasteiger partial charge is 0.168 e. The molecule has 62 valence electrons. The quantitative estimate of drug-likeness (QED) is 0.403. The fourth-order valence-corrected chi connectivity index (χ4v) is 5.42. The second kappa shape index (κ2) is 4.35. The van der Waals surface area contributed by atoms with E-state index in [4.69, 9.17) is 34.8 Å². The first kappa shape index (κ1) is 12.1. The normalized spacial score (nSPS) is 13.7. The van der Waals surface area contributed by atoms with Gasteiger partial charge >= 0.3 is 5.86 Å². The Kier molecular flexibility index (Phi) is 5.26. The van der Waals surface area contributed by atoms with Gasteiger partial charge in [-0.2, -0.15) is 8.39 Å². The maximum Gasteiger partial charge on any atom is 0.336 e. The third kappa shape index (κ3) is 10.1. The van der Waals surface area contributed by atoms with Crippen molar-refractivity contribution in [3.63, 3.8) is 0 Å². The summed E-state index contributed by atoms with van der Waals surface area (Å²) in [4.78, 5) is 0. The summed E-state index contributed by atoms with van der Waals surface area (Å²) in [5, 5.41) is 0. The molecule has 9 heteroatoms. The maximum atomic E-state index is 11.9. The highest BCUT2D eigenvalue weighted by Crippen LogP contribution is 2.70. The standard InChI is InChI=1S/CCl3F2PS3/c2-1(3,4)9-10-7(5,6)8. The van der Waals surface area contributed by atoms with Crippen LogP contribution in [-0.2, 0) is 11.8 Å². The number of rotatable bonds is 2. The molecule has 0 spiro atoms. The minimum absolute atomic E-state index is 0.154. The minimum Gasteiger partial charge on any atom is -0.168 e. The molecule has 0 aliphatic rings. The Morgan fingerprint density at radius 1 is 1.30 bits per heavy atom. The van der Waals surface area contributed by atoms with E-state index in [9.17, 15) is 8.39 Å². The van der Waals surface area contributed by atoms with Crippen LogP contribution in [0.4, 0.5) is 8.39 Å². The van der Waals surface area contributed by atoms with E-state index in [2.05, 4.69) is 11.8 Å². The van der Waals surface area contributed by atoms with Crippen molar-refractivity contribution < 1.29 is 8.39 Å². The van der Waals surface area contributed by atoms with Gasteiger partial charge in [-0.3, -0.25) is 0 Å². The van der Waals surface area contributed by atoms with Crippen molar-refractivity contribution in [2.75, 3.05) is 0 Å². The summed E-state index contributed by atoms with van der Waals surface area (Å²) in [7, 11) is 0.603. The Balaban J connectivity index is 3.67. The Labute approximate surface area is 84.7 Å². The molecule has 0 heterocycles. The van der Waals surface area contributed by atoms with Gasteiger partial charge in [0.2, 0.25) is 3.12 Å². The van der Waals surface area contributed by atoms with E-state index in [1.54, 1.807) is 0 Å². The lowest BCUT2D eigenvalue weighted by atomic mass is 11.8. The Morgan fingerprint density at radius 3 is 1.80 bits per heavy atom. The van der Waals surface area contributed by atoms with Crippen LogP contribution in [0, 0.1) is 0 Å². The summed E-state index contributed by atoms with van der Waals surface area (Å²) in [6.45, 7) is 0. The van der Waals surface area contributed by atoms with E-state index in [1.165, 1.54) is 0 Å². The monoisotopic (exact) mass is 282 g/mol. The first-order valence-electron chi connectivity index (χ1n) is 1.64. The molecule has 0 fully saturated rings. The highest BCUT2D eigenvalue weighted by molar-refractivity contribution is 9.03. The molecule has 0 nitrogen and oxygen atoms in total. The largest absolute Gasteiger partial charge is 0.336 e. The highest BCUT2D eigenvalue weighted by atomic mass is 35.6. The fourth-order valence-electron chi connectivity index (χ4n) is 0.0856. The molecule has 0 saturated heterocycles. The van der Waals surface area contributed by atoms with Crippen LogP contribution in [0.25, 0.3) is 0 Å². The van der Waals surface area contributed by atoms with E-state index in [0.29, 0.717) is 10.8 Å². The number of hydrogen-bond donors (Lipinski definition) is 0. The van der Waals surface area contributed by atoms with Crippen LogP contribution in [0.5, 0.6) is 0 Å². The van der Waals surface area contributed by atoms with E-state index in [-0.39, 0.29) is 10.4 Å². The first-order chi connectivity index (χ1) is 4.21. The van der Waals surface area contributed by atoms with Crippen LogP contribution in [-0.4, -0.2) is 3.12 Å². The lowest BCUT2D eigenvalue weighted by Crippen LogP contribution is -1.87. The molecule has 0 atom stereocenters. The zero-order chi connectivity index (χ0) is 8.41. The van der Waals surface area contributed by atoms with Crippen molar-refractivity contribution in [1.29, 1.82) is 0 Å². The molecule has 0 N–H and O–H groups in total. The molecule has 0 saturated carbocycles. The summed E-state index contributed by atoms with van der Waals surface area (Å²) in [6.07, 6.45) is 0. The van der Waals surface area contributed by atoms with Crippen LogP contribution in [0.3, 0.4) is 0 Å². The van der Waals surface area contributed by atoms with Crippen molar-refractivity contribution in [2.24, 2.45) is 0 Å². The average Bonchev–Trinajstić information content (AvgIpc) is 1.57. The van der Waals surface area contributed by atoms with E-state index in [1.807, 2.05) is 0 Å². The lowest BCUT2D eigenvalue weighted by Gasteiger charge is -2.07. The third-order valence-electron chi connectivity index (χ3n) is 0.219. The predicted molar refractivity (Wildman–Crippen MR) is 52.0 cm³/mol. The van der Waals surface area contributed by atoms with Crippen molar-refractivity contribution in [1.82, 2.24) is 0 Å². The summed E-state index contributed by atoms with van der Waals surface area (Å²) in [6, 6.07) is 0. The molecule has 10 heavy (non-hydrogen) atoms. The topological polar surface area (TPSA) is 0 Å². The molecule has 0 bridgehead atoms. The molecule has 0 aromatic heterocycles. The predicted octanol–water partition coefficient (Wildman–Crippen LogP) is 4.86. The van der Waals surface area contributed by atoms with E-state index >= 15 is 0 Å². The van der Waals surface area contributed by atoms with Gasteiger partial charge in [-0.1, -0.05) is 34.8 Å². The molecule has 0 aliphatic heterocycles. The lowest BCUT2D eigenvalue weighted by molar-refractivity contribution is 0.771. The van der Waals surface area contributed by atoms with Crippen molar-refractivity contribution in [3.8, 4) is 0 Å². The van der Waals surface area contributed by atoms with Gasteiger partial charge in [-0.05, 0) is 22.6 Å². The molecule has 0 unspecified atom stereocenters. The Morgan fingerprint density at radius 2 is 1.70 bits per heavy atom. The molecule has 0 aliphatic carbocycles. The Bertz CT molecular complexity index is 150. The van der Waals surface area contributed by atoms with Crippen molar-refractivity contribution >= 4 is 73.7 Å². The minimum atomic E-state index is -4.30. The van der Waals surface area contributed by atoms with Crippen LogP contribution in [0.1, 0.15) is 0 Å². The first-order valence-corrected chi connectivity index (χ1v) is 8.11. The van der Waals surface area contributed by atoms with Gasteiger partial charge in [0.25, 0.3) is 0 Å². The molecule has 0 radical (unpaired) electrons. The van der Waals surface area contributed by atoms with E-state index < -0.39 is 8.99 Å². The fraction of sp³-hybridized carbons (Fsp3) is 1.00. The summed E-state index contributed by atoms with van der Waals surface area (Å²) in [5.41, 5.74) is 0. The maximum absolute atomic E-state index is 11.9. The van der Waals surface area contributed by atoms with Crippen molar-refractivity contribution in [2.45, 2.75) is 3.12 Å². The Hall–Kier alpha value is 2.08. The van der Waals surface area contributed by atoms with Gasteiger partial charge in [0.15, 0.2) is 0 Å². The zero-order valence-corrected chi connectivity index (χ0v) is 9.67. The second-order valence-electron chi connectivity index (χ2n) is 1.02. The average molecular weight is 284 g/mol. The zero-order valence-electron chi connectivity index (χ0n) is 4.06. The number of alkyl halides is 3. The van der Waals surface area contributed by atoms with Gasteiger partial charge < -0.3 is 0 Å². The summed E-state index contributed by atoms with van der Waals surface area (Å²) >= 11 is 19.2. The van der Waals surface area contributed by atoms with Crippen molar-refractivity contribution in [3.05, 3.63) is 0 Å². The highest BCUT2D eigenvalue weighted by Gasteiger charge is 2.26. The molecule has 0 aromatic rings. The molecular weight excluding hydrogens is 284 g/mol. The SMILES string of the molecule is FP(F)(=S)SSC(Cl)(Cl)Cl. The third-order valence-corrected chi connectivity index (χ3v) is 7.54. The van der Waals surface area contributed by atoms with Crippen LogP contribution < -0.4 is 0 Å². The van der Waals surface area contributed by atoms with Crippen LogP contribution in [0.15, 0.2) is 0 Å². The molecular formula is CCl3F2PS3. The summed E-state index contributed by atoms with van der Waals surface area (Å²) < 4.78 is 22.2. The van der Waals surface area contributed by atoms with Gasteiger partial charge in [0, 0.05) is 10.4 Å². The van der Waals surface area contributed by atoms with Crippen LogP contribution in [0.2, 0.25) is 0 Å². The molecule has 0 rings (SSSR count). The second-order valence-corrected chi connectivity index (χ2v) is 11.5. The van der Waals surface area contributed by atoms with Crippen LogP contribution >= 0.6 is 61.9 Å². The summed E-state index contributed by atoms with van der Waals surface area (Å²) in [5.74, 6) is -4.30. The van der Waals surface area contributed by atoms with Gasteiger partial charge in [-0.15, -0.1) is 0 Å². The van der Waals surface area contributed by atoms with E-state index in [0.717, 1.165) is 0 Å².